The Balaban J connectivity index is 2.13. The van der Waals surface area contributed by atoms with Crippen molar-refractivity contribution in [2.75, 3.05) is 6.54 Å². The van der Waals surface area contributed by atoms with Gasteiger partial charge in [0.15, 0.2) is 4.73 Å². The van der Waals surface area contributed by atoms with Gasteiger partial charge in [0.25, 0.3) is 0 Å². The van der Waals surface area contributed by atoms with Crippen molar-refractivity contribution in [1.29, 1.82) is 0 Å². The van der Waals surface area contributed by atoms with Crippen LogP contribution in [0.1, 0.15) is 18.5 Å². The lowest BCUT2D eigenvalue weighted by Gasteiger charge is -2.24. The zero-order valence-electron chi connectivity index (χ0n) is 7.54. The second-order valence-electron chi connectivity index (χ2n) is 3.61. The Morgan fingerprint density at radius 2 is 2.54 bits per heavy atom. The normalized spacial score (nSPS) is 21.5. The maximum Gasteiger partial charge on any atom is 0.177 e. The van der Waals surface area contributed by atoms with Crippen LogP contribution in [0, 0.1) is 5.92 Å². The molecule has 1 aliphatic rings. The smallest absolute Gasteiger partial charge is 0.177 e. The molecule has 2 rings (SSSR count). The minimum Gasteiger partial charge on any atom is -0.330 e. The van der Waals surface area contributed by atoms with Crippen molar-refractivity contribution >= 4 is 15.9 Å². The number of rotatable bonds is 2. The van der Waals surface area contributed by atoms with Crippen molar-refractivity contribution in [3.8, 4) is 0 Å². The second-order valence-corrected chi connectivity index (χ2v) is 4.32. The first-order chi connectivity index (χ1) is 6.31. The Morgan fingerprint density at radius 1 is 1.69 bits per heavy atom. The van der Waals surface area contributed by atoms with Gasteiger partial charge in [0.05, 0.1) is 0 Å². The van der Waals surface area contributed by atoms with E-state index in [1.165, 1.54) is 12.1 Å². The molecule has 0 saturated carbocycles. The Labute approximate surface area is 86.5 Å². The number of aryl methyl sites for hydroxylation is 1. The molecule has 2 N–H and O–H groups in total. The summed E-state index contributed by atoms with van der Waals surface area (Å²) < 4.78 is 3.22. The van der Waals surface area contributed by atoms with Gasteiger partial charge in [-0.1, -0.05) is 0 Å². The topological polar surface area (TPSA) is 43.8 Å². The van der Waals surface area contributed by atoms with Crippen LogP contribution in [0.5, 0.6) is 0 Å². The molecule has 0 amide bonds. The predicted octanol–water partition coefficient (Wildman–Crippen LogP) is 1.56. The van der Waals surface area contributed by atoms with Gasteiger partial charge in [-0.3, -0.25) is 0 Å². The molecule has 13 heavy (non-hydrogen) atoms. The van der Waals surface area contributed by atoms with Crippen LogP contribution in [0.25, 0.3) is 0 Å². The molecule has 2 heterocycles. The SMILES string of the molecule is NCCC1CCc2cnc(Br)n2C1. The van der Waals surface area contributed by atoms with E-state index < -0.39 is 0 Å². The Bertz CT molecular complexity index is 295. The van der Waals surface area contributed by atoms with E-state index in [0.717, 1.165) is 36.6 Å². The second kappa shape index (κ2) is 3.80. The highest BCUT2D eigenvalue weighted by molar-refractivity contribution is 9.10. The van der Waals surface area contributed by atoms with E-state index in [2.05, 4.69) is 25.5 Å². The van der Waals surface area contributed by atoms with Gasteiger partial charge >= 0.3 is 0 Å². The average Bonchev–Trinajstić information content (AvgIpc) is 2.49. The molecule has 0 radical (unpaired) electrons. The Kier molecular flexibility index (Phi) is 2.69. The fourth-order valence-corrected chi connectivity index (χ4v) is 2.43. The number of imidazole rings is 1. The fourth-order valence-electron chi connectivity index (χ4n) is 1.95. The summed E-state index contributed by atoms with van der Waals surface area (Å²) in [6.07, 6.45) is 5.49. The minimum atomic E-state index is 0.739. The summed E-state index contributed by atoms with van der Waals surface area (Å²) in [5, 5.41) is 0. The number of nitrogens with zero attached hydrogens (tertiary/aromatic N) is 2. The molecule has 1 aromatic rings. The van der Waals surface area contributed by atoms with Gasteiger partial charge in [-0.15, -0.1) is 0 Å². The summed E-state index contributed by atoms with van der Waals surface area (Å²) in [6.45, 7) is 1.87. The molecule has 72 valence electrons. The molecule has 0 bridgehead atoms. The highest BCUT2D eigenvalue weighted by atomic mass is 79.9. The maximum atomic E-state index is 5.56. The number of halogens is 1. The molecule has 0 aromatic carbocycles. The monoisotopic (exact) mass is 243 g/mol. The Hall–Kier alpha value is -0.350. The minimum absolute atomic E-state index is 0.739. The number of hydrogen-bond acceptors (Lipinski definition) is 2. The van der Waals surface area contributed by atoms with E-state index in [1.807, 2.05) is 6.20 Å². The first-order valence-electron chi connectivity index (χ1n) is 4.71. The lowest BCUT2D eigenvalue weighted by molar-refractivity contribution is 0.349. The third kappa shape index (κ3) is 1.79. The third-order valence-corrected chi connectivity index (χ3v) is 3.35. The van der Waals surface area contributed by atoms with Crippen LogP contribution in [-0.2, 0) is 13.0 Å². The molecule has 1 unspecified atom stereocenters. The number of hydrogen-bond donors (Lipinski definition) is 1. The van der Waals surface area contributed by atoms with Crippen LogP contribution in [0.3, 0.4) is 0 Å². The molecule has 3 nitrogen and oxygen atoms in total. The molecule has 1 aliphatic heterocycles. The van der Waals surface area contributed by atoms with Crippen molar-refractivity contribution in [3.05, 3.63) is 16.6 Å². The summed E-state index contributed by atoms with van der Waals surface area (Å²) in [5.41, 5.74) is 6.90. The predicted molar refractivity (Wildman–Crippen MR) is 55.4 cm³/mol. The highest BCUT2D eigenvalue weighted by Gasteiger charge is 2.19. The summed E-state index contributed by atoms with van der Waals surface area (Å²) in [4.78, 5) is 4.24. The van der Waals surface area contributed by atoms with Crippen LogP contribution in [0.15, 0.2) is 10.9 Å². The van der Waals surface area contributed by atoms with Crippen molar-refractivity contribution in [2.24, 2.45) is 11.7 Å². The lowest BCUT2D eigenvalue weighted by atomic mass is 9.95. The molecule has 0 fully saturated rings. The number of fused-ring (bicyclic) bond motifs is 1. The molecular formula is C9H14BrN3. The van der Waals surface area contributed by atoms with E-state index in [4.69, 9.17) is 5.73 Å². The van der Waals surface area contributed by atoms with Crippen molar-refractivity contribution in [1.82, 2.24) is 9.55 Å². The van der Waals surface area contributed by atoms with Crippen LogP contribution >= 0.6 is 15.9 Å². The molecule has 0 aliphatic carbocycles. The van der Waals surface area contributed by atoms with Crippen LogP contribution in [-0.4, -0.2) is 16.1 Å². The van der Waals surface area contributed by atoms with E-state index in [9.17, 15) is 0 Å². The van der Waals surface area contributed by atoms with Crippen molar-refractivity contribution < 1.29 is 0 Å². The highest BCUT2D eigenvalue weighted by Crippen LogP contribution is 2.25. The van der Waals surface area contributed by atoms with E-state index >= 15 is 0 Å². The van der Waals surface area contributed by atoms with E-state index in [1.54, 1.807) is 0 Å². The molecule has 1 aromatic heterocycles. The maximum absolute atomic E-state index is 5.56. The van der Waals surface area contributed by atoms with Crippen LogP contribution in [0.4, 0.5) is 0 Å². The van der Waals surface area contributed by atoms with Crippen molar-refractivity contribution in [2.45, 2.75) is 25.8 Å². The Morgan fingerprint density at radius 3 is 3.31 bits per heavy atom. The van der Waals surface area contributed by atoms with Crippen LogP contribution in [0.2, 0.25) is 0 Å². The molecule has 4 heteroatoms. The zero-order chi connectivity index (χ0) is 9.26. The summed E-state index contributed by atoms with van der Waals surface area (Å²) in [7, 11) is 0. The van der Waals surface area contributed by atoms with E-state index in [-0.39, 0.29) is 0 Å². The zero-order valence-corrected chi connectivity index (χ0v) is 9.13. The summed E-state index contributed by atoms with van der Waals surface area (Å²) >= 11 is 3.45. The first kappa shape index (κ1) is 9.21. The number of aromatic nitrogens is 2. The van der Waals surface area contributed by atoms with E-state index in [0.29, 0.717) is 0 Å². The van der Waals surface area contributed by atoms with Gasteiger partial charge in [0.1, 0.15) is 0 Å². The van der Waals surface area contributed by atoms with Gasteiger partial charge in [-0.25, -0.2) is 4.98 Å². The van der Waals surface area contributed by atoms with Gasteiger partial charge in [-0.05, 0) is 47.7 Å². The third-order valence-electron chi connectivity index (χ3n) is 2.71. The van der Waals surface area contributed by atoms with Gasteiger partial charge < -0.3 is 10.3 Å². The van der Waals surface area contributed by atoms with Gasteiger partial charge in [-0.2, -0.15) is 0 Å². The molecule has 1 atom stereocenters. The standard InChI is InChI=1S/C9H14BrN3/c10-9-12-5-8-2-1-7(3-4-11)6-13(8)9/h5,7H,1-4,6,11H2. The number of nitrogens with two attached hydrogens (primary N) is 1. The molecule has 0 spiro atoms. The first-order valence-corrected chi connectivity index (χ1v) is 5.50. The molecule has 0 saturated heterocycles. The average molecular weight is 244 g/mol. The lowest BCUT2D eigenvalue weighted by Crippen LogP contribution is -2.22. The van der Waals surface area contributed by atoms with Gasteiger partial charge in [0, 0.05) is 18.4 Å². The quantitative estimate of drug-likeness (QED) is 0.857. The van der Waals surface area contributed by atoms with Gasteiger partial charge in [0.2, 0.25) is 0 Å². The van der Waals surface area contributed by atoms with Crippen LogP contribution < -0.4 is 5.73 Å². The fraction of sp³-hybridized carbons (Fsp3) is 0.667. The summed E-state index contributed by atoms with van der Waals surface area (Å²) in [5.74, 6) is 0.739. The largest absolute Gasteiger partial charge is 0.330 e. The summed E-state index contributed by atoms with van der Waals surface area (Å²) in [6, 6.07) is 0. The van der Waals surface area contributed by atoms with Crippen molar-refractivity contribution in [3.63, 3.8) is 0 Å². The molecular weight excluding hydrogens is 230 g/mol.